The van der Waals surface area contributed by atoms with Crippen LogP contribution in [0.4, 0.5) is 5.69 Å². The minimum atomic E-state index is -0.285. The van der Waals surface area contributed by atoms with Gasteiger partial charge in [0, 0.05) is 11.3 Å². The second-order valence-electron chi connectivity index (χ2n) is 4.41. The highest BCUT2D eigenvalue weighted by Crippen LogP contribution is 2.13. The molecule has 0 saturated heterocycles. The maximum Gasteiger partial charge on any atom is 0.255 e. The third-order valence-electron chi connectivity index (χ3n) is 2.96. The van der Waals surface area contributed by atoms with Crippen LogP contribution in [0.1, 0.15) is 28.4 Å². The number of carbonyl (C=O) groups excluding carboxylic acids is 1. The van der Waals surface area contributed by atoms with Crippen molar-refractivity contribution in [3.8, 4) is 6.07 Å². The van der Waals surface area contributed by atoms with Gasteiger partial charge in [-0.3, -0.25) is 4.79 Å². The second-order valence-corrected chi connectivity index (χ2v) is 4.41. The van der Waals surface area contributed by atoms with Gasteiger partial charge < -0.3 is 10.5 Å². The van der Waals surface area contributed by atoms with Gasteiger partial charge in [0.15, 0.2) is 0 Å². The summed E-state index contributed by atoms with van der Waals surface area (Å²) in [5, 5.41) is 23.4. The zero-order valence-electron chi connectivity index (χ0n) is 11.4. The highest BCUT2D eigenvalue weighted by atomic mass is 16.4. The second kappa shape index (κ2) is 6.35. The third kappa shape index (κ3) is 3.45. The molecule has 0 fully saturated rings. The highest BCUT2D eigenvalue weighted by molar-refractivity contribution is 6.05. The zero-order valence-corrected chi connectivity index (χ0v) is 11.4. The normalized spacial score (nSPS) is 10.8. The van der Waals surface area contributed by atoms with Crippen LogP contribution in [0.2, 0.25) is 0 Å². The van der Waals surface area contributed by atoms with Crippen molar-refractivity contribution in [3.63, 3.8) is 0 Å². The SMILES string of the molecule is C/C(=N\O)c1ccc(NC(=O)c2cccc(C#N)c2)cc1. The van der Waals surface area contributed by atoms with Gasteiger partial charge in [-0.2, -0.15) is 5.26 Å². The van der Waals surface area contributed by atoms with E-state index < -0.39 is 0 Å². The molecule has 0 unspecified atom stereocenters. The van der Waals surface area contributed by atoms with Crippen LogP contribution in [0.25, 0.3) is 0 Å². The van der Waals surface area contributed by atoms with E-state index in [-0.39, 0.29) is 5.91 Å². The zero-order chi connectivity index (χ0) is 15.2. The van der Waals surface area contributed by atoms with Crippen LogP contribution in [0, 0.1) is 11.3 Å². The molecular weight excluding hydrogens is 266 g/mol. The van der Waals surface area contributed by atoms with Crippen LogP contribution in [-0.4, -0.2) is 16.8 Å². The molecule has 2 aromatic rings. The van der Waals surface area contributed by atoms with E-state index in [1.54, 1.807) is 49.4 Å². The number of benzene rings is 2. The van der Waals surface area contributed by atoms with Gasteiger partial charge in [0.1, 0.15) is 0 Å². The van der Waals surface area contributed by atoms with Crippen LogP contribution in [0.5, 0.6) is 0 Å². The van der Waals surface area contributed by atoms with Crippen LogP contribution >= 0.6 is 0 Å². The van der Waals surface area contributed by atoms with Gasteiger partial charge in [-0.15, -0.1) is 0 Å². The third-order valence-corrected chi connectivity index (χ3v) is 2.96. The fraction of sp³-hybridized carbons (Fsp3) is 0.0625. The Hall–Kier alpha value is -3.13. The molecule has 5 nitrogen and oxygen atoms in total. The van der Waals surface area contributed by atoms with E-state index in [1.165, 1.54) is 6.07 Å². The number of hydrogen-bond donors (Lipinski definition) is 2. The average Bonchev–Trinajstić information content (AvgIpc) is 2.54. The lowest BCUT2D eigenvalue weighted by atomic mass is 10.1. The van der Waals surface area contributed by atoms with Gasteiger partial charge in [-0.05, 0) is 42.8 Å². The summed E-state index contributed by atoms with van der Waals surface area (Å²) in [6, 6.07) is 15.4. The first kappa shape index (κ1) is 14.3. The standard InChI is InChI=1S/C16H13N3O2/c1-11(19-21)13-5-7-15(8-6-13)18-16(20)14-4-2-3-12(9-14)10-17/h2-9,21H,1H3,(H,18,20)/b19-11+. The number of oxime groups is 1. The summed E-state index contributed by atoms with van der Waals surface area (Å²) >= 11 is 0. The molecule has 0 heterocycles. The molecule has 0 radical (unpaired) electrons. The molecule has 0 saturated carbocycles. The average molecular weight is 279 g/mol. The maximum atomic E-state index is 12.1. The van der Waals surface area contributed by atoms with Crippen LogP contribution in [0.3, 0.4) is 0 Å². The van der Waals surface area contributed by atoms with Crippen molar-refractivity contribution in [2.75, 3.05) is 5.32 Å². The lowest BCUT2D eigenvalue weighted by molar-refractivity contribution is 0.102. The molecule has 2 N–H and O–H groups in total. The van der Waals surface area contributed by atoms with Gasteiger partial charge >= 0.3 is 0 Å². The Morgan fingerprint density at radius 2 is 1.90 bits per heavy atom. The predicted octanol–water partition coefficient (Wildman–Crippen LogP) is 3.01. The molecule has 0 spiro atoms. The van der Waals surface area contributed by atoms with E-state index >= 15 is 0 Å². The van der Waals surface area contributed by atoms with E-state index in [1.807, 2.05) is 6.07 Å². The van der Waals surface area contributed by atoms with Crippen molar-refractivity contribution in [1.82, 2.24) is 0 Å². The van der Waals surface area contributed by atoms with Crippen LogP contribution in [0.15, 0.2) is 53.7 Å². The van der Waals surface area contributed by atoms with Crippen molar-refractivity contribution in [2.24, 2.45) is 5.16 Å². The van der Waals surface area contributed by atoms with E-state index in [9.17, 15) is 4.79 Å². The fourth-order valence-corrected chi connectivity index (χ4v) is 1.79. The minimum Gasteiger partial charge on any atom is -0.411 e. The molecule has 0 aromatic heterocycles. The number of anilines is 1. The van der Waals surface area contributed by atoms with E-state index in [0.29, 0.717) is 22.5 Å². The molecule has 0 bridgehead atoms. The van der Waals surface area contributed by atoms with E-state index in [2.05, 4.69) is 10.5 Å². The lowest BCUT2D eigenvalue weighted by Crippen LogP contribution is -2.12. The summed E-state index contributed by atoms with van der Waals surface area (Å²) < 4.78 is 0. The van der Waals surface area contributed by atoms with Gasteiger partial charge in [0.2, 0.25) is 0 Å². The molecule has 0 aliphatic rings. The summed E-state index contributed by atoms with van der Waals surface area (Å²) in [4.78, 5) is 12.1. The van der Waals surface area contributed by atoms with Crippen LogP contribution in [-0.2, 0) is 0 Å². The summed E-state index contributed by atoms with van der Waals surface area (Å²) in [5.74, 6) is -0.285. The number of amides is 1. The summed E-state index contributed by atoms with van der Waals surface area (Å²) in [7, 11) is 0. The summed E-state index contributed by atoms with van der Waals surface area (Å²) in [6.07, 6.45) is 0. The quantitative estimate of drug-likeness (QED) is 0.514. The van der Waals surface area contributed by atoms with Crippen molar-refractivity contribution in [3.05, 3.63) is 65.2 Å². The van der Waals surface area contributed by atoms with Crippen molar-refractivity contribution in [2.45, 2.75) is 6.92 Å². The Morgan fingerprint density at radius 1 is 1.19 bits per heavy atom. The van der Waals surface area contributed by atoms with Gasteiger partial charge in [0.25, 0.3) is 5.91 Å². The van der Waals surface area contributed by atoms with Gasteiger partial charge in [-0.1, -0.05) is 23.4 Å². The largest absolute Gasteiger partial charge is 0.411 e. The lowest BCUT2D eigenvalue weighted by Gasteiger charge is -2.06. The van der Waals surface area contributed by atoms with E-state index in [4.69, 9.17) is 10.5 Å². The number of hydrogen-bond acceptors (Lipinski definition) is 4. The molecule has 1 amide bonds. The number of nitriles is 1. The molecule has 0 aliphatic heterocycles. The first-order chi connectivity index (χ1) is 10.1. The number of nitrogens with one attached hydrogen (secondary N) is 1. The molecular formula is C16H13N3O2. The number of carbonyl (C=O) groups is 1. The van der Waals surface area contributed by atoms with Crippen LogP contribution < -0.4 is 5.32 Å². The smallest absolute Gasteiger partial charge is 0.255 e. The molecule has 104 valence electrons. The van der Waals surface area contributed by atoms with Crippen molar-refractivity contribution >= 4 is 17.3 Å². The fourth-order valence-electron chi connectivity index (χ4n) is 1.79. The molecule has 2 aromatic carbocycles. The molecule has 2 rings (SSSR count). The molecule has 0 atom stereocenters. The minimum absolute atomic E-state index is 0.285. The van der Waals surface area contributed by atoms with E-state index in [0.717, 1.165) is 5.56 Å². The Labute approximate surface area is 122 Å². The summed E-state index contributed by atoms with van der Waals surface area (Å²) in [6.45, 7) is 1.68. The Morgan fingerprint density at radius 3 is 2.52 bits per heavy atom. The molecule has 21 heavy (non-hydrogen) atoms. The summed E-state index contributed by atoms with van der Waals surface area (Å²) in [5.41, 5.74) is 2.74. The monoisotopic (exact) mass is 279 g/mol. The Balaban J connectivity index is 2.14. The first-order valence-electron chi connectivity index (χ1n) is 6.24. The number of nitrogens with zero attached hydrogens (tertiary/aromatic N) is 2. The predicted molar refractivity (Wildman–Crippen MR) is 79.5 cm³/mol. The molecule has 0 aliphatic carbocycles. The first-order valence-corrected chi connectivity index (χ1v) is 6.24. The Kier molecular flexibility index (Phi) is 4.32. The molecule has 5 heteroatoms. The highest BCUT2D eigenvalue weighted by Gasteiger charge is 2.07. The van der Waals surface area contributed by atoms with Crippen molar-refractivity contribution in [1.29, 1.82) is 5.26 Å². The maximum absolute atomic E-state index is 12.1. The Bertz CT molecular complexity index is 728. The van der Waals surface area contributed by atoms with Crippen molar-refractivity contribution < 1.29 is 10.0 Å². The van der Waals surface area contributed by atoms with Gasteiger partial charge in [0.05, 0.1) is 17.3 Å². The number of rotatable bonds is 3. The van der Waals surface area contributed by atoms with Gasteiger partial charge in [-0.25, -0.2) is 0 Å². The topological polar surface area (TPSA) is 85.5 Å².